The Morgan fingerprint density at radius 1 is 1.40 bits per heavy atom. The first-order chi connectivity index (χ1) is 9.79. The van der Waals surface area contributed by atoms with Gasteiger partial charge in [-0.25, -0.2) is 0 Å². The van der Waals surface area contributed by atoms with E-state index in [-0.39, 0.29) is 5.91 Å². The van der Waals surface area contributed by atoms with Gasteiger partial charge in [-0.2, -0.15) is 0 Å². The molecule has 1 unspecified atom stereocenters. The molecule has 1 aliphatic heterocycles. The summed E-state index contributed by atoms with van der Waals surface area (Å²) in [6.07, 6.45) is 1.65. The molecule has 2 rings (SSSR count). The second-order valence-corrected chi connectivity index (χ2v) is 5.35. The molecule has 110 valence electrons. The van der Waals surface area contributed by atoms with E-state index in [9.17, 15) is 4.79 Å². The fraction of sp³-hybridized carbons (Fsp3) is 0.562. The molecule has 20 heavy (non-hydrogen) atoms. The molecular weight excluding hydrogens is 252 g/mol. The van der Waals surface area contributed by atoms with Gasteiger partial charge in [0.25, 0.3) is 0 Å². The van der Waals surface area contributed by atoms with Gasteiger partial charge in [-0.05, 0) is 19.0 Å². The molecule has 4 heteroatoms. The molecule has 0 saturated carbocycles. The van der Waals surface area contributed by atoms with Gasteiger partial charge in [0.15, 0.2) is 0 Å². The topological polar surface area (TPSA) is 41.6 Å². The lowest BCUT2D eigenvalue weighted by Gasteiger charge is -2.16. The van der Waals surface area contributed by atoms with Crippen LogP contribution in [0.2, 0.25) is 0 Å². The van der Waals surface area contributed by atoms with Gasteiger partial charge in [0.2, 0.25) is 5.91 Å². The van der Waals surface area contributed by atoms with E-state index in [1.165, 1.54) is 5.56 Å². The molecule has 1 aliphatic rings. The monoisotopic (exact) mass is 276 g/mol. The molecule has 1 fully saturated rings. The summed E-state index contributed by atoms with van der Waals surface area (Å²) in [6, 6.07) is 10.2. The molecule has 4 nitrogen and oxygen atoms in total. The molecule has 0 aliphatic carbocycles. The second kappa shape index (κ2) is 8.02. The number of benzene rings is 1. The third kappa shape index (κ3) is 4.62. The highest BCUT2D eigenvalue weighted by Gasteiger charge is 2.25. The van der Waals surface area contributed by atoms with E-state index in [2.05, 4.69) is 17.4 Å². The maximum absolute atomic E-state index is 11.9. The summed E-state index contributed by atoms with van der Waals surface area (Å²) >= 11 is 0. The number of hydrogen-bond acceptors (Lipinski definition) is 3. The van der Waals surface area contributed by atoms with Crippen molar-refractivity contribution in [2.24, 2.45) is 5.92 Å². The maximum atomic E-state index is 11.9. The van der Waals surface area contributed by atoms with Gasteiger partial charge in [-0.3, -0.25) is 4.79 Å². The van der Waals surface area contributed by atoms with E-state index in [1.807, 2.05) is 30.1 Å². The molecule has 1 amide bonds. The van der Waals surface area contributed by atoms with E-state index in [1.54, 1.807) is 0 Å². The van der Waals surface area contributed by atoms with Crippen LogP contribution in [0.25, 0.3) is 0 Å². The fourth-order valence-electron chi connectivity index (χ4n) is 2.50. The summed E-state index contributed by atoms with van der Waals surface area (Å²) in [6.45, 7) is 3.87. The summed E-state index contributed by atoms with van der Waals surface area (Å²) in [7, 11) is 1.87. The van der Waals surface area contributed by atoms with E-state index < -0.39 is 0 Å². The van der Waals surface area contributed by atoms with E-state index >= 15 is 0 Å². The Morgan fingerprint density at radius 3 is 2.95 bits per heavy atom. The highest BCUT2D eigenvalue weighted by atomic mass is 16.5. The standard InChI is InChI=1S/C16H24N2O2/c1-17-9-7-16(19)18-10-8-15(11-18)13-20-12-14-5-3-2-4-6-14/h2-6,15,17H,7-13H2,1H3. The lowest BCUT2D eigenvalue weighted by Crippen LogP contribution is -2.31. The second-order valence-electron chi connectivity index (χ2n) is 5.35. The zero-order valence-corrected chi connectivity index (χ0v) is 12.2. The van der Waals surface area contributed by atoms with Crippen molar-refractivity contribution in [1.82, 2.24) is 10.2 Å². The van der Waals surface area contributed by atoms with Crippen molar-refractivity contribution < 1.29 is 9.53 Å². The first-order valence-electron chi connectivity index (χ1n) is 7.33. The van der Waals surface area contributed by atoms with Crippen LogP contribution in [0.5, 0.6) is 0 Å². The van der Waals surface area contributed by atoms with Crippen LogP contribution >= 0.6 is 0 Å². The molecule has 1 aromatic rings. The number of likely N-dealkylation sites (tertiary alicyclic amines) is 1. The number of ether oxygens (including phenoxy) is 1. The molecule has 1 aromatic carbocycles. The average molecular weight is 276 g/mol. The van der Waals surface area contributed by atoms with E-state index in [4.69, 9.17) is 4.74 Å². The third-order valence-electron chi connectivity index (χ3n) is 3.69. The molecule has 1 saturated heterocycles. The van der Waals surface area contributed by atoms with Crippen LogP contribution in [0, 0.1) is 5.92 Å². The van der Waals surface area contributed by atoms with Crippen molar-refractivity contribution in [2.45, 2.75) is 19.4 Å². The zero-order chi connectivity index (χ0) is 14.2. The van der Waals surface area contributed by atoms with Crippen LogP contribution in [-0.4, -0.2) is 44.1 Å². The Kier molecular flexibility index (Phi) is 6.02. The van der Waals surface area contributed by atoms with Gasteiger partial charge >= 0.3 is 0 Å². The van der Waals surface area contributed by atoms with Crippen LogP contribution in [0.15, 0.2) is 30.3 Å². The van der Waals surface area contributed by atoms with Crippen molar-refractivity contribution >= 4 is 5.91 Å². The number of carbonyl (C=O) groups is 1. The maximum Gasteiger partial charge on any atom is 0.223 e. The molecule has 0 bridgehead atoms. The largest absolute Gasteiger partial charge is 0.376 e. The Morgan fingerprint density at radius 2 is 2.20 bits per heavy atom. The predicted molar refractivity (Wildman–Crippen MR) is 79.3 cm³/mol. The van der Waals surface area contributed by atoms with Gasteiger partial charge in [-0.15, -0.1) is 0 Å². The van der Waals surface area contributed by atoms with E-state index in [0.29, 0.717) is 18.9 Å². The highest BCUT2D eigenvalue weighted by molar-refractivity contribution is 5.76. The number of carbonyl (C=O) groups excluding carboxylic acids is 1. The smallest absolute Gasteiger partial charge is 0.223 e. The quantitative estimate of drug-likeness (QED) is 0.823. The lowest BCUT2D eigenvalue weighted by molar-refractivity contribution is -0.130. The third-order valence-corrected chi connectivity index (χ3v) is 3.69. The van der Waals surface area contributed by atoms with Gasteiger partial charge in [-0.1, -0.05) is 30.3 Å². The molecular formula is C16H24N2O2. The number of hydrogen-bond donors (Lipinski definition) is 1. The van der Waals surface area contributed by atoms with Gasteiger partial charge < -0.3 is 15.0 Å². The molecule has 1 N–H and O–H groups in total. The van der Waals surface area contributed by atoms with Crippen LogP contribution in [-0.2, 0) is 16.1 Å². The summed E-state index contributed by atoms with van der Waals surface area (Å²) in [5, 5.41) is 3.01. The minimum Gasteiger partial charge on any atom is -0.376 e. The first-order valence-corrected chi connectivity index (χ1v) is 7.33. The molecule has 1 atom stereocenters. The SMILES string of the molecule is CNCCC(=O)N1CCC(COCc2ccccc2)C1. The van der Waals surface area contributed by atoms with Crippen molar-refractivity contribution in [3.8, 4) is 0 Å². The molecule has 1 heterocycles. The minimum atomic E-state index is 0.255. The minimum absolute atomic E-state index is 0.255. The normalized spacial score (nSPS) is 18.4. The van der Waals surface area contributed by atoms with Crippen molar-refractivity contribution in [1.29, 1.82) is 0 Å². The summed E-state index contributed by atoms with van der Waals surface area (Å²) in [5.74, 6) is 0.738. The van der Waals surface area contributed by atoms with Crippen molar-refractivity contribution in [3.05, 3.63) is 35.9 Å². The van der Waals surface area contributed by atoms with Crippen LogP contribution in [0.4, 0.5) is 0 Å². The lowest BCUT2D eigenvalue weighted by atomic mass is 10.1. The molecule has 0 spiro atoms. The number of amides is 1. The van der Waals surface area contributed by atoms with Crippen molar-refractivity contribution in [2.75, 3.05) is 33.3 Å². The number of rotatable bonds is 7. The summed E-state index contributed by atoms with van der Waals surface area (Å²) in [4.78, 5) is 13.9. The average Bonchev–Trinajstić information content (AvgIpc) is 2.95. The molecule has 0 radical (unpaired) electrons. The first kappa shape index (κ1) is 15.0. The van der Waals surface area contributed by atoms with Crippen LogP contribution in [0.3, 0.4) is 0 Å². The Labute approximate surface area is 121 Å². The fourth-order valence-corrected chi connectivity index (χ4v) is 2.50. The molecule has 0 aromatic heterocycles. The van der Waals surface area contributed by atoms with E-state index in [0.717, 1.165) is 32.7 Å². The Hall–Kier alpha value is -1.39. The number of nitrogens with zero attached hydrogens (tertiary/aromatic N) is 1. The van der Waals surface area contributed by atoms with Crippen LogP contribution < -0.4 is 5.32 Å². The highest BCUT2D eigenvalue weighted by Crippen LogP contribution is 2.17. The zero-order valence-electron chi connectivity index (χ0n) is 12.2. The van der Waals surface area contributed by atoms with Gasteiger partial charge in [0, 0.05) is 32.0 Å². The van der Waals surface area contributed by atoms with Crippen LogP contribution in [0.1, 0.15) is 18.4 Å². The van der Waals surface area contributed by atoms with Crippen molar-refractivity contribution in [3.63, 3.8) is 0 Å². The summed E-state index contributed by atoms with van der Waals surface area (Å²) < 4.78 is 5.76. The Bertz CT molecular complexity index is 408. The number of nitrogens with one attached hydrogen (secondary N) is 1. The van der Waals surface area contributed by atoms with Gasteiger partial charge in [0.05, 0.1) is 13.2 Å². The Balaban J connectivity index is 1.65. The predicted octanol–water partition coefficient (Wildman–Crippen LogP) is 1.66. The van der Waals surface area contributed by atoms with Gasteiger partial charge in [0.1, 0.15) is 0 Å². The summed E-state index contributed by atoms with van der Waals surface area (Å²) in [5.41, 5.74) is 1.20.